The Labute approximate surface area is 204 Å². The van der Waals surface area contributed by atoms with E-state index in [0.29, 0.717) is 34.3 Å². The summed E-state index contributed by atoms with van der Waals surface area (Å²) >= 11 is 0. The number of hydrogen-bond donors (Lipinski definition) is 0. The van der Waals surface area contributed by atoms with E-state index in [4.69, 9.17) is 9.72 Å². The Kier molecular flexibility index (Phi) is 5.99. The van der Waals surface area contributed by atoms with E-state index in [1.807, 2.05) is 19.1 Å². The van der Waals surface area contributed by atoms with Crippen LogP contribution >= 0.6 is 0 Å². The van der Waals surface area contributed by atoms with Gasteiger partial charge in [0.1, 0.15) is 0 Å². The zero-order valence-corrected chi connectivity index (χ0v) is 21.0. The molecule has 184 valence electrons. The second-order valence-corrected chi connectivity index (χ2v) is 11.8. The minimum Gasteiger partial charge on any atom is -0.451 e. The molecule has 1 aromatic carbocycles. The van der Waals surface area contributed by atoms with Crippen LogP contribution < -0.4 is 0 Å². The van der Waals surface area contributed by atoms with Crippen molar-refractivity contribution in [2.75, 3.05) is 11.5 Å². The van der Waals surface area contributed by atoms with E-state index in [1.165, 1.54) is 0 Å². The van der Waals surface area contributed by atoms with Gasteiger partial charge < -0.3 is 4.74 Å². The topological polar surface area (TPSA) is 108 Å². The molecule has 0 radical (unpaired) electrons. The van der Waals surface area contributed by atoms with Crippen LogP contribution in [0.5, 0.6) is 0 Å². The summed E-state index contributed by atoms with van der Waals surface area (Å²) < 4.78 is 31.5. The van der Waals surface area contributed by atoms with Crippen molar-refractivity contribution in [3.05, 3.63) is 58.4 Å². The Hall–Kier alpha value is -3.07. The summed E-state index contributed by atoms with van der Waals surface area (Å²) in [5.41, 5.74) is 3.81. The number of hydrogen-bond acceptors (Lipinski definition) is 7. The highest BCUT2D eigenvalue weighted by Gasteiger charge is 2.34. The van der Waals surface area contributed by atoms with Crippen molar-refractivity contribution in [1.82, 2.24) is 14.8 Å². The van der Waals surface area contributed by atoms with Gasteiger partial charge in [-0.1, -0.05) is 31.2 Å². The number of sulfone groups is 1. The predicted octanol–water partition coefficient (Wildman–Crippen LogP) is 3.97. The molecule has 35 heavy (non-hydrogen) atoms. The minimum atomic E-state index is -3.12. The normalized spacial score (nSPS) is 20.1. The monoisotopic (exact) mass is 495 g/mol. The van der Waals surface area contributed by atoms with Crippen molar-refractivity contribution in [3.63, 3.8) is 0 Å². The predicted molar refractivity (Wildman–Crippen MR) is 132 cm³/mol. The van der Waals surface area contributed by atoms with Gasteiger partial charge in [0.2, 0.25) is 5.78 Å². The Morgan fingerprint density at radius 1 is 1.17 bits per heavy atom. The van der Waals surface area contributed by atoms with Gasteiger partial charge >= 0.3 is 5.97 Å². The third-order valence-electron chi connectivity index (χ3n) is 6.93. The van der Waals surface area contributed by atoms with Crippen LogP contribution in [-0.2, 0) is 21.0 Å². The van der Waals surface area contributed by atoms with Crippen LogP contribution in [0.1, 0.15) is 82.7 Å². The molecule has 0 amide bonds. The molecule has 2 aliphatic rings. The first kappa shape index (κ1) is 23.7. The Morgan fingerprint density at radius 2 is 1.89 bits per heavy atom. The van der Waals surface area contributed by atoms with Crippen LogP contribution in [0.15, 0.2) is 30.3 Å². The lowest BCUT2D eigenvalue weighted by Crippen LogP contribution is -2.24. The number of fused-ring (bicyclic) bond motifs is 1. The Morgan fingerprint density at radius 3 is 2.49 bits per heavy atom. The SMILES string of the molecule is CCc1ccc(C(=O)C(C)OC(=O)c2cc(C3CC3)nc3c2c(C)nn3C2CCS(=O)(=O)C2)cc1. The standard InChI is InChI=1S/C26H29N3O5S/c1-4-17-5-7-19(8-6-17)24(30)16(3)34-26(31)21-13-22(18-9-10-18)27-25-23(21)15(2)28-29(25)20-11-12-35(32,33)14-20/h5-8,13,16,18,20H,4,9-12,14H2,1-3H3. The van der Waals surface area contributed by atoms with E-state index < -0.39 is 21.9 Å². The van der Waals surface area contributed by atoms with E-state index in [1.54, 1.807) is 36.7 Å². The highest BCUT2D eigenvalue weighted by atomic mass is 32.2. The van der Waals surface area contributed by atoms with Crippen LogP contribution in [0.4, 0.5) is 0 Å². The minimum absolute atomic E-state index is 0.0146. The molecule has 2 fully saturated rings. The highest BCUT2D eigenvalue weighted by Crippen LogP contribution is 2.41. The number of nitrogens with zero attached hydrogens (tertiary/aromatic N) is 3. The third kappa shape index (κ3) is 4.61. The first-order chi connectivity index (χ1) is 16.7. The number of aryl methyl sites for hydroxylation is 2. The molecule has 1 saturated carbocycles. The molecular weight excluding hydrogens is 466 g/mol. The molecule has 1 aliphatic carbocycles. The number of pyridine rings is 1. The molecular formula is C26H29N3O5S. The number of carbonyl (C=O) groups excluding carboxylic acids is 2. The fourth-order valence-corrected chi connectivity index (χ4v) is 6.41. The van der Waals surface area contributed by atoms with E-state index in [-0.39, 0.29) is 29.2 Å². The summed E-state index contributed by atoms with van der Waals surface area (Å²) in [6.45, 7) is 5.40. The zero-order chi connectivity index (χ0) is 24.9. The van der Waals surface area contributed by atoms with Gasteiger partial charge in [0, 0.05) is 17.2 Å². The summed E-state index contributed by atoms with van der Waals surface area (Å²) in [5.74, 6) is -0.475. The van der Waals surface area contributed by atoms with E-state index in [9.17, 15) is 18.0 Å². The number of carbonyl (C=O) groups is 2. The Bertz CT molecular complexity index is 1420. The van der Waals surface area contributed by atoms with Crippen molar-refractivity contribution in [3.8, 4) is 0 Å². The lowest BCUT2D eigenvalue weighted by Gasteiger charge is -2.15. The molecule has 2 unspecified atom stereocenters. The average molecular weight is 496 g/mol. The number of ether oxygens (including phenoxy) is 1. The fraction of sp³-hybridized carbons (Fsp3) is 0.462. The lowest BCUT2D eigenvalue weighted by molar-refractivity contribution is 0.0320. The number of aromatic nitrogens is 3. The van der Waals surface area contributed by atoms with Gasteiger partial charge in [-0.2, -0.15) is 5.10 Å². The molecule has 0 spiro atoms. The number of benzene rings is 1. The van der Waals surface area contributed by atoms with Gasteiger partial charge in [0.25, 0.3) is 0 Å². The maximum absolute atomic E-state index is 13.4. The quantitative estimate of drug-likeness (QED) is 0.360. The van der Waals surface area contributed by atoms with E-state index in [0.717, 1.165) is 30.5 Å². The van der Waals surface area contributed by atoms with Crippen molar-refractivity contribution in [2.45, 2.75) is 64.5 Å². The van der Waals surface area contributed by atoms with Crippen molar-refractivity contribution in [2.24, 2.45) is 0 Å². The summed E-state index contributed by atoms with van der Waals surface area (Å²) in [4.78, 5) is 31.1. The van der Waals surface area contributed by atoms with Crippen LogP contribution in [-0.4, -0.2) is 52.5 Å². The van der Waals surface area contributed by atoms with E-state index in [2.05, 4.69) is 5.10 Å². The molecule has 8 nitrogen and oxygen atoms in total. The van der Waals surface area contributed by atoms with Gasteiger partial charge in [-0.3, -0.25) is 4.79 Å². The van der Waals surface area contributed by atoms with Gasteiger partial charge in [0.05, 0.1) is 34.2 Å². The highest BCUT2D eigenvalue weighted by molar-refractivity contribution is 7.91. The van der Waals surface area contributed by atoms with Crippen molar-refractivity contribution >= 4 is 32.6 Å². The number of ketones is 1. The van der Waals surface area contributed by atoms with Gasteiger partial charge in [0.15, 0.2) is 21.6 Å². The molecule has 5 rings (SSSR count). The van der Waals surface area contributed by atoms with Crippen molar-refractivity contribution in [1.29, 1.82) is 0 Å². The average Bonchev–Trinajstić information content (AvgIpc) is 3.56. The Balaban J connectivity index is 1.48. The maximum Gasteiger partial charge on any atom is 0.339 e. The van der Waals surface area contributed by atoms with Crippen molar-refractivity contribution < 1.29 is 22.7 Å². The lowest BCUT2D eigenvalue weighted by atomic mass is 10.0. The van der Waals surface area contributed by atoms with Crippen LogP contribution in [0.3, 0.4) is 0 Å². The molecule has 0 N–H and O–H groups in total. The molecule has 0 bridgehead atoms. The third-order valence-corrected chi connectivity index (χ3v) is 8.68. The molecule has 2 atom stereocenters. The van der Waals surface area contributed by atoms with Crippen LogP contribution in [0.2, 0.25) is 0 Å². The molecule has 1 aliphatic heterocycles. The summed E-state index contributed by atoms with van der Waals surface area (Å²) in [7, 11) is -3.12. The number of Topliss-reactive ketones (excluding diaryl/α,β-unsaturated/α-hetero) is 1. The first-order valence-electron chi connectivity index (χ1n) is 12.1. The fourth-order valence-electron chi connectivity index (χ4n) is 4.72. The summed E-state index contributed by atoms with van der Waals surface area (Å²) in [6, 6.07) is 8.75. The molecule has 3 heterocycles. The first-order valence-corrected chi connectivity index (χ1v) is 13.9. The second kappa shape index (κ2) is 8.86. The van der Waals surface area contributed by atoms with Gasteiger partial charge in [-0.15, -0.1) is 0 Å². The van der Waals surface area contributed by atoms with Gasteiger partial charge in [-0.05, 0) is 51.2 Å². The van der Waals surface area contributed by atoms with Crippen LogP contribution in [0.25, 0.3) is 11.0 Å². The molecule has 9 heteroatoms. The molecule has 1 saturated heterocycles. The second-order valence-electron chi connectivity index (χ2n) is 9.62. The van der Waals surface area contributed by atoms with Crippen LogP contribution in [0, 0.1) is 6.92 Å². The molecule has 3 aromatic rings. The molecule has 2 aromatic heterocycles. The summed E-state index contributed by atoms with van der Waals surface area (Å²) in [5, 5.41) is 5.15. The number of rotatable bonds is 7. The largest absolute Gasteiger partial charge is 0.451 e. The zero-order valence-electron chi connectivity index (χ0n) is 20.2. The number of esters is 1. The van der Waals surface area contributed by atoms with E-state index >= 15 is 0 Å². The summed E-state index contributed by atoms with van der Waals surface area (Å²) in [6.07, 6.45) is 2.36. The maximum atomic E-state index is 13.4. The smallest absolute Gasteiger partial charge is 0.339 e. The van der Waals surface area contributed by atoms with Gasteiger partial charge in [-0.25, -0.2) is 22.9 Å².